The summed E-state index contributed by atoms with van der Waals surface area (Å²) in [7, 11) is 0. The Morgan fingerprint density at radius 1 is 1.12 bits per heavy atom. The molecule has 0 aromatic heterocycles. The number of nitrogen functional groups attached to an aromatic ring is 1. The van der Waals surface area contributed by atoms with Crippen LogP contribution in [0.3, 0.4) is 0 Å². The van der Waals surface area contributed by atoms with E-state index in [0.29, 0.717) is 10.2 Å². The fourth-order valence-electron chi connectivity index (χ4n) is 2.76. The van der Waals surface area contributed by atoms with E-state index in [1.165, 1.54) is 11.1 Å². The van der Waals surface area contributed by atoms with Crippen LogP contribution in [0.1, 0.15) is 27.9 Å². The lowest BCUT2D eigenvalue weighted by Crippen LogP contribution is -2.21. The molecule has 0 atom stereocenters. The number of hydrogen-bond acceptors (Lipinski definition) is 4. The van der Waals surface area contributed by atoms with Gasteiger partial charge in [-0.05, 0) is 60.7 Å². The van der Waals surface area contributed by atoms with Crippen molar-refractivity contribution in [3.05, 3.63) is 57.6 Å². The van der Waals surface area contributed by atoms with Crippen molar-refractivity contribution >= 4 is 39.2 Å². The minimum atomic E-state index is -0.627. The lowest BCUT2D eigenvalue weighted by atomic mass is 10.1. The minimum absolute atomic E-state index is 0.231. The van der Waals surface area contributed by atoms with Gasteiger partial charge in [-0.15, -0.1) is 0 Å². The number of fused-ring (bicyclic) bond motifs is 1. The normalized spacial score (nSPS) is 12.5. The third-order valence-corrected chi connectivity index (χ3v) is 4.45. The Bertz CT molecular complexity index is 805. The Morgan fingerprint density at radius 2 is 1.92 bits per heavy atom. The Hall–Kier alpha value is -2.34. The summed E-state index contributed by atoms with van der Waals surface area (Å²) in [6.45, 7) is -0.359. The highest BCUT2D eigenvalue weighted by Crippen LogP contribution is 2.25. The van der Waals surface area contributed by atoms with Crippen LogP contribution in [0.4, 0.5) is 11.4 Å². The van der Waals surface area contributed by atoms with Gasteiger partial charge >= 0.3 is 5.97 Å². The molecule has 3 rings (SSSR count). The van der Waals surface area contributed by atoms with Gasteiger partial charge in [0.05, 0.1) is 5.56 Å². The molecule has 0 saturated carbocycles. The van der Waals surface area contributed by atoms with Gasteiger partial charge in [0.25, 0.3) is 5.91 Å². The third-order valence-electron chi connectivity index (χ3n) is 3.95. The second kappa shape index (κ2) is 7.05. The van der Waals surface area contributed by atoms with Gasteiger partial charge in [0.1, 0.15) is 0 Å². The minimum Gasteiger partial charge on any atom is -0.452 e. The predicted octanol–water partition coefficient (Wildman–Crippen LogP) is 3.32. The maximum Gasteiger partial charge on any atom is 0.340 e. The fourth-order valence-corrected chi connectivity index (χ4v) is 3.12. The van der Waals surface area contributed by atoms with Crippen molar-refractivity contribution in [3.63, 3.8) is 0 Å². The molecule has 24 heavy (non-hydrogen) atoms. The van der Waals surface area contributed by atoms with Crippen LogP contribution in [0, 0.1) is 0 Å². The largest absolute Gasteiger partial charge is 0.452 e. The molecule has 0 radical (unpaired) electrons. The Balaban J connectivity index is 1.57. The van der Waals surface area contributed by atoms with Crippen LogP contribution in [-0.4, -0.2) is 18.5 Å². The van der Waals surface area contributed by atoms with Crippen LogP contribution >= 0.6 is 15.9 Å². The standard InChI is InChI=1S/C18H17BrN2O3/c19-13-5-7-16(20)15(9-13)18(23)24-10-17(22)21-14-6-4-11-2-1-3-12(11)8-14/h4-9H,1-3,10,20H2,(H,21,22). The van der Waals surface area contributed by atoms with Crippen molar-refractivity contribution in [2.75, 3.05) is 17.7 Å². The highest BCUT2D eigenvalue weighted by Gasteiger charge is 2.15. The van der Waals surface area contributed by atoms with E-state index in [0.717, 1.165) is 24.9 Å². The molecule has 1 amide bonds. The Kier molecular flexibility index (Phi) is 4.85. The zero-order chi connectivity index (χ0) is 17.1. The van der Waals surface area contributed by atoms with Crippen LogP contribution < -0.4 is 11.1 Å². The first-order valence-electron chi connectivity index (χ1n) is 7.67. The number of ether oxygens (including phenoxy) is 1. The predicted molar refractivity (Wildman–Crippen MR) is 95.9 cm³/mol. The number of benzene rings is 2. The molecule has 0 bridgehead atoms. The summed E-state index contributed by atoms with van der Waals surface area (Å²) in [6.07, 6.45) is 3.28. The van der Waals surface area contributed by atoms with Crippen LogP contribution in [0.15, 0.2) is 40.9 Å². The first-order chi connectivity index (χ1) is 11.5. The molecule has 2 aromatic rings. The number of amides is 1. The van der Waals surface area contributed by atoms with Gasteiger partial charge in [0, 0.05) is 15.8 Å². The molecule has 3 N–H and O–H groups in total. The highest BCUT2D eigenvalue weighted by atomic mass is 79.9. The second-order valence-electron chi connectivity index (χ2n) is 5.69. The zero-order valence-electron chi connectivity index (χ0n) is 13.0. The van der Waals surface area contributed by atoms with Crippen LogP contribution in [-0.2, 0) is 22.4 Å². The van der Waals surface area contributed by atoms with Crippen molar-refractivity contribution < 1.29 is 14.3 Å². The second-order valence-corrected chi connectivity index (χ2v) is 6.61. The Labute approximate surface area is 148 Å². The maximum atomic E-state index is 12.0. The molecular weight excluding hydrogens is 372 g/mol. The number of esters is 1. The Morgan fingerprint density at radius 3 is 2.75 bits per heavy atom. The summed E-state index contributed by atoms with van der Waals surface area (Å²) in [5.74, 6) is -1.01. The van der Waals surface area contributed by atoms with Gasteiger partial charge in [0.15, 0.2) is 6.61 Å². The first kappa shape index (κ1) is 16.5. The average molecular weight is 389 g/mol. The number of anilines is 2. The topological polar surface area (TPSA) is 81.4 Å². The van der Waals surface area contributed by atoms with Crippen molar-refractivity contribution in [1.29, 1.82) is 0 Å². The van der Waals surface area contributed by atoms with Crippen LogP contribution in [0.2, 0.25) is 0 Å². The maximum absolute atomic E-state index is 12.0. The zero-order valence-corrected chi connectivity index (χ0v) is 14.6. The SMILES string of the molecule is Nc1ccc(Br)cc1C(=O)OCC(=O)Nc1ccc2c(c1)CCC2. The van der Waals surface area contributed by atoms with E-state index in [-0.39, 0.29) is 18.1 Å². The van der Waals surface area contributed by atoms with Gasteiger partial charge in [-0.2, -0.15) is 0 Å². The monoisotopic (exact) mass is 388 g/mol. The van der Waals surface area contributed by atoms with E-state index in [4.69, 9.17) is 10.5 Å². The van der Waals surface area contributed by atoms with E-state index >= 15 is 0 Å². The molecule has 2 aromatic carbocycles. The number of carbonyl (C=O) groups excluding carboxylic acids is 2. The molecular formula is C18H17BrN2O3. The van der Waals surface area contributed by atoms with E-state index in [9.17, 15) is 9.59 Å². The van der Waals surface area contributed by atoms with Crippen molar-refractivity contribution in [3.8, 4) is 0 Å². The van der Waals surface area contributed by atoms with Crippen molar-refractivity contribution in [2.24, 2.45) is 0 Å². The molecule has 1 aliphatic carbocycles. The molecule has 0 heterocycles. The molecule has 0 fully saturated rings. The van der Waals surface area contributed by atoms with Gasteiger partial charge in [0.2, 0.25) is 0 Å². The number of nitrogens with two attached hydrogens (primary N) is 1. The smallest absolute Gasteiger partial charge is 0.340 e. The average Bonchev–Trinajstić information content (AvgIpc) is 3.02. The molecule has 0 saturated heterocycles. The summed E-state index contributed by atoms with van der Waals surface area (Å²) in [6, 6.07) is 10.8. The van der Waals surface area contributed by atoms with Crippen molar-refractivity contribution in [1.82, 2.24) is 0 Å². The third kappa shape index (κ3) is 3.76. The number of rotatable bonds is 4. The molecule has 5 nitrogen and oxygen atoms in total. The quantitative estimate of drug-likeness (QED) is 0.621. The van der Waals surface area contributed by atoms with E-state index < -0.39 is 5.97 Å². The molecule has 6 heteroatoms. The van der Waals surface area contributed by atoms with E-state index in [2.05, 4.69) is 21.2 Å². The first-order valence-corrected chi connectivity index (χ1v) is 8.46. The lowest BCUT2D eigenvalue weighted by molar-refractivity contribution is -0.119. The molecule has 0 aliphatic heterocycles. The number of halogens is 1. The fraction of sp³-hybridized carbons (Fsp3) is 0.222. The van der Waals surface area contributed by atoms with Crippen molar-refractivity contribution in [2.45, 2.75) is 19.3 Å². The van der Waals surface area contributed by atoms with Crippen LogP contribution in [0.25, 0.3) is 0 Å². The molecule has 1 aliphatic rings. The number of nitrogens with one attached hydrogen (secondary N) is 1. The van der Waals surface area contributed by atoms with Gasteiger partial charge in [-0.3, -0.25) is 4.79 Å². The number of carbonyl (C=O) groups is 2. The van der Waals surface area contributed by atoms with Gasteiger partial charge in [-0.25, -0.2) is 4.79 Å². The molecule has 0 spiro atoms. The van der Waals surface area contributed by atoms with E-state index in [1.807, 2.05) is 18.2 Å². The lowest BCUT2D eigenvalue weighted by Gasteiger charge is -2.09. The van der Waals surface area contributed by atoms with Crippen LogP contribution in [0.5, 0.6) is 0 Å². The summed E-state index contributed by atoms with van der Waals surface area (Å²) in [4.78, 5) is 24.0. The van der Waals surface area contributed by atoms with Gasteiger partial charge in [-0.1, -0.05) is 22.0 Å². The van der Waals surface area contributed by atoms with E-state index in [1.54, 1.807) is 18.2 Å². The summed E-state index contributed by atoms with van der Waals surface area (Å²) in [5, 5.41) is 2.75. The highest BCUT2D eigenvalue weighted by molar-refractivity contribution is 9.10. The van der Waals surface area contributed by atoms with Gasteiger partial charge < -0.3 is 15.8 Å². The number of hydrogen-bond donors (Lipinski definition) is 2. The molecule has 0 unspecified atom stereocenters. The summed E-state index contributed by atoms with van der Waals surface area (Å²) in [5.41, 5.74) is 9.62. The number of aryl methyl sites for hydroxylation is 2. The summed E-state index contributed by atoms with van der Waals surface area (Å²) >= 11 is 3.27. The summed E-state index contributed by atoms with van der Waals surface area (Å²) < 4.78 is 5.75. The molecule has 124 valence electrons.